The zero-order valence-corrected chi connectivity index (χ0v) is 19.1. The van der Waals surface area contributed by atoms with Gasteiger partial charge in [0.1, 0.15) is 11.4 Å². The molecule has 2 aromatic rings. The highest BCUT2D eigenvalue weighted by Gasteiger charge is 2.40. The predicted octanol–water partition coefficient (Wildman–Crippen LogP) is 4.59. The predicted molar refractivity (Wildman–Crippen MR) is 123 cm³/mol. The molecular formula is C26H32N2O3. The van der Waals surface area contributed by atoms with Crippen LogP contribution in [0.2, 0.25) is 0 Å². The minimum Gasteiger partial charge on any atom is -0.493 e. The van der Waals surface area contributed by atoms with Crippen LogP contribution in [0.25, 0.3) is 5.57 Å². The molecule has 0 saturated carbocycles. The first-order chi connectivity index (χ1) is 14.8. The van der Waals surface area contributed by atoms with Crippen molar-refractivity contribution in [3.05, 3.63) is 71.4 Å². The molecule has 164 valence electrons. The molecule has 1 aliphatic heterocycles. The molecule has 0 spiro atoms. The number of carbonyl (C=O) groups excluding carboxylic acids is 2. The largest absolute Gasteiger partial charge is 0.493 e. The van der Waals surface area contributed by atoms with Crippen LogP contribution in [0.1, 0.15) is 38.8 Å². The first kappa shape index (κ1) is 22.6. The lowest BCUT2D eigenvalue weighted by Gasteiger charge is -2.22. The highest BCUT2D eigenvalue weighted by atomic mass is 16.5. The van der Waals surface area contributed by atoms with Gasteiger partial charge in [-0.1, -0.05) is 70.2 Å². The summed E-state index contributed by atoms with van der Waals surface area (Å²) in [6.07, 6.45) is 0. The van der Waals surface area contributed by atoms with E-state index in [0.717, 1.165) is 16.9 Å². The van der Waals surface area contributed by atoms with Crippen LogP contribution in [0.15, 0.2) is 60.3 Å². The molecule has 0 bridgehead atoms. The topological polar surface area (TPSA) is 49.9 Å². The Kier molecular flexibility index (Phi) is 7.16. The van der Waals surface area contributed by atoms with Gasteiger partial charge in [0.05, 0.1) is 12.2 Å². The molecule has 2 aromatic carbocycles. The second kappa shape index (κ2) is 9.82. The van der Waals surface area contributed by atoms with Gasteiger partial charge in [-0.15, -0.1) is 0 Å². The van der Waals surface area contributed by atoms with Crippen molar-refractivity contribution >= 4 is 17.4 Å². The summed E-state index contributed by atoms with van der Waals surface area (Å²) in [5.74, 6) is 0.920. The van der Waals surface area contributed by atoms with Gasteiger partial charge in [-0.2, -0.15) is 0 Å². The molecule has 0 N–H and O–H groups in total. The van der Waals surface area contributed by atoms with Crippen LogP contribution in [0.5, 0.6) is 5.75 Å². The van der Waals surface area contributed by atoms with Crippen LogP contribution in [0.3, 0.4) is 0 Å². The van der Waals surface area contributed by atoms with Gasteiger partial charge in [0, 0.05) is 20.1 Å². The van der Waals surface area contributed by atoms with Crippen LogP contribution in [-0.2, 0) is 16.1 Å². The van der Waals surface area contributed by atoms with E-state index in [2.05, 4.69) is 13.8 Å². The van der Waals surface area contributed by atoms with Crippen LogP contribution >= 0.6 is 0 Å². The highest BCUT2D eigenvalue weighted by Crippen LogP contribution is 2.33. The van der Waals surface area contributed by atoms with E-state index in [0.29, 0.717) is 36.9 Å². The van der Waals surface area contributed by atoms with Crippen molar-refractivity contribution in [1.29, 1.82) is 0 Å². The third-order valence-electron chi connectivity index (χ3n) is 5.06. The molecule has 2 amide bonds. The number of likely N-dealkylation sites (N-methyl/N-ethyl adjacent to an activating group) is 1. The fraction of sp³-hybridized carbons (Fsp3) is 0.385. The number of hydrogen-bond donors (Lipinski definition) is 0. The molecule has 1 heterocycles. The summed E-state index contributed by atoms with van der Waals surface area (Å²) in [5.41, 5.74) is 2.72. The molecule has 0 saturated heterocycles. The minimum atomic E-state index is -0.232. The number of amides is 2. The van der Waals surface area contributed by atoms with Crippen molar-refractivity contribution in [2.75, 3.05) is 20.2 Å². The van der Waals surface area contributed by atoms with Crippen LogP contribution in [0.4, 0.5) is 0 Å². The van der Waals surface area contributed by atoms with E-state index in [-0.39, 0.29) is 17.7 Å². The summed E-state index contributed by atoms with van der Waals surface area (Å²) in [6.45, 7) is 9.79. The first-order valence-corrected chi connectivity index (χ1v) is 10.9. The average molecular weight is 421 g/mol. The van der Waals surface area contributed by atoms with E-state index in [1.54, 1.807) is 0 Å². The number of rotatable bonds is 9. The normalized spacial score (nSPS) is 14.2. The zero-order valence-electron chi connectivity index (χ0n) is 19.1. The van der Waals surface area contributed by atoms with Crippen molar-refractivity contribution in [1.82, 2.24) is 9.80 Å². The number of nitrogens with zero attached hydrogens (tertiary/aromatic N) is 2. The van der Waals surface area contributed by atoms with Crippen LogP contribution in [-0.4, -0.2) is 41.8 Å². The van der Waals surface area contributed by atoms with Crippen molar-refractivity contribution in [3.8, 4) is 5.75 Å². The second-order valence-corrected chi connectivity index (χ2v) is 8.91. The summed E-state index contributed by atoms with van der Waals surface area (Å²) in [7, 11) is 1.87. The maximum atomic E-state index is 13.3. The van der Waals surface area contributed by atoms with E-state index in [1.807, 2.05) is 80.4 Å². The Morgan fingerprint density at radius 1 is 0.871 bits per heavy atom. The summed E-state index contributed by atoms with van der Waals surface area (Å²) in [5, 5.41) is 0. The minimum absolute atomic E-state index is 0.194. The van der Waals surface area contributed by atoms with Crippen molar-refractivity contribution < 1.29 is 14.3 Å². The Labute approximate surface area is 185 Å². The van der Waals surface area contributed by atoms with E-state index < -0.39 is 0 Å². The Bertz CT molecular complexity index is 946. The summed E-state index contributed by atoms with van der Waals surface area (Å²) in [6, 6.07) is 17.4. The third kappa shape index (κ3) is 5.35. The molecule has 0 fully saturated rings. The zero-order chi connectivity index (χ0) is 22.5. The number of hydrogen-bond acceptors (Lipinski definition) is 4. The lowest BCUT2D eigenvalue weighted by atomic mass is 10.0. The fourth-order valence-corrected chi connectivity index (χ4v) is 3.63. The molecule has 1 aliphatic rings. The summed E-state index contributed by atoms with van der Waals surface area (Å²) >= 11 is 0. The first-order valence-electron chi connectivity index (χ1n) is 10.9. The Morgan fingerprint density at radius 3 is 2.10 bits per heavy atom. The molecule has 31 heavy (non-hydrogen) atoms. The number of ether oxygens (including phenoxy) is 1. The highest BCUT2D eigenvalue weighted by molar-refractivity contribution is 6.35. The van der Waals surface area contributed by atoms with E-state index >= 15 is 0 Å². The Balaban J connectivity index is 1.95. The van der Waals surface area contributed by atoms with E-state index in [9.17, 15) is 9.59 Å². The molecule has 3 rings (SSSR count). The molecule has 0 aromatic heterocycles. The fourth-order valence-electron chi connectivity index (χ4n) is 3.63. The molecule has 0 atom stereocenters. The lowest BCUT2D eigenvalue weighted by Crippen LogP contribution is -2.36. The van der Waals surface area contributed by atoms with Gasteiger partial charge >= 0.3 is 0 Å². The Morgan fingerprint density at radius 2 is 1.52 bits per heavy atom. The Hall–Kier alpha value is -3.08. The standard InChI is InChI=1S/C26H32N2O3/c1-18(2)15-28-25(29)23(21-11-13-22(14-12-21)31-17-19(3)4)24(26(28)30)27(5)16-20-9-7-6-8-10-20/h6-14,18-19H,15-17H2,1-5H3. The van der Waals surface area contributed by atoms with Gasteiger partial charge < -0.3 is 9.64 Å². The maximum Gasteiger partial charge on any atom is 0.277 e. The number of benzene rings is 2. The van der Waals surface area contributed by atoms with Crippen LogP contribution < -0.4 is 4.74 Å². The average Bonchev–Trinajstić information content (AvgIpc) is 2.98. The molecule has 0 unspecified atom stereocenters. The third-order valence-corrected chi connectivity index (χ3v) is 5.06. The van der Waals surface area contributed by atoms with Gasteiger partial charge in [-0.05, 0) is 35.1 Å². The summed E-state index contributed by atoms with van der Waals surface area (Å²) in [4.78, 5) is 29.9. The quantitative estimate of drug-likeness (QED) is 0.557. The summed E-state index contributed by atoms with van der Waals surface area (Å²) < 4.78 is 5.77. The SMILES string of the molecule is CC(C)COc1ccc(C2=C(N(C)Cc3ccccc3)C(=O)N(CC(C)C)C2=O)cc1. The molecule has 5 heteroatoms. The van der Waals surface area contributed by atoms with Crippen molar-refractivity contribution in [2.24, 2.45) is 11.8 Å². The van der Waals surface area contributed by atoms with Gasteiger partial charge in [0.2, 0.25) is 0 Å². The van der Waals surface area contributed by atoms with Gasteiger partial charge in [0.15, 0.2) is 0 Å². The molecular weight excluding hydrogens is 388 g/mol. The lowest BCUT2D eigenvalue weighted by molar-refractivity contribution is -0.138. The maximum absolute atomic E-state index is 13.3. The molecule has 0 radical (unpaired) electrons. The molecule has 0 aliphatic carbocycles. The van der Waals surface area contributed by atoms with Crippen molar-refractivity contribution in [2.45, 2.75) is 34.2 Å². The van der Waals surface area contributed by atoms with Gasteiger partial charge in [-0.25, -0.2) is 0 Å². The molecule has 5 nitrogen and oxygen atoms in total. The second-order valence-electron chi connectivity index (χ2n) is 8.91. The smallest absolute Gasteiger partial charge is 0.277 e. The number of imide groups is 1. The van der Waals surface area contributed by atoms with Gasteiger partial charge in [-0.3, -0.25) is 14.5 Å². The van der Waals surface area contributed by atoms with E-state index in [1.165, 1.54) is 4.90 Å². The van der Waals surface area contributed by atoms with E-state index in [4.69, 9.17) is 4.74 Å². The monoisotopic (exact) mass is 420 g/mol. The van der Waals surface area contributed by atoms with Crippen molar-refractivity contribution in [3.63, 3.8) is 0 Å². The van der Waals surface area contributed by atoms with Gasteiger partial charge in [0.25, 0.3) is 11.8 Å². The number of carbonyl (C=O) groups is 2. The van der Waals surface area contributed by atoms with Crippen LogP contribution in [0, 0.1) is 11.8 Å².